The lowest BCUT2D eigenvalue weighted by Crippen LogP contribution is -1.93. The lowest BCUT2D eigenvalue weighted by molar-refractivity contribution is -0.134. The fourth-order valence-electron chi connectivity index (χ4n) is 0.996. The molecule has 0 bridgehead atoms. The molecule has 4 heteroatoms. The van der Waals surface area contributed by atoms with Crippen LogP contribution in [-0.2, 0) is 9.53 Å². The van der Waals surface area contributed by atoms with Crippen LogP contribution in [0.5, 0.6) is 5.75 Å². The summed E-state index contributed by atoms with van der Waals surface area (Å²) in [6.07, 6.45) is 3.04. The molecule has 3 nitrogen and oxygen atoms in total. The molecular formula is C11H11BrO3. The number of carbonyl (C=O) groups excluding carboxylic acids is 1. The summed E-state index contributed by atoms with van der Waals surface area (Å²) in [6, 6.07) is 5.50. The Morgan fingerprint density at radius 1 is 1.40 bits per heavy atom. The maximum atomic E-state index is 10.9. The normalized spacial score (nSPS) is 10.3. The number of carbonyl (C=O) groups is 1. The summed E-state index contributed by atoms with van der Waals surface area (Å²) in [4.78, 5) is 10.9. The first-order valence-electron chi connectivity index (χ1n) is 4.27. The largest absolute Gasteiger partial charge is 0.497 e. The van der Waals surface area contributed by atoms with Crippen molar-refractivity contribution < 1.29 is 14.3 Å². The highest BCUT2D eigenvalue weighted by molar-refractivity contribution is 9.10. The minimum absolute atomic E-state index is 0.377. The molecule has 0 fully saturated rings. The van der Waals surface area contributed by atoms with Gasteiger partial charge in [0.25, 0.3) is 0 Å². The van der Waals surface area contributed by atoms with E-state index in [9.17, 15) is 4.79 Å². The van der Waals surface area contributed by atoms with E-state index in [0.717, 1.165) is 15.8 Å². The molecule has 0 atom stereocenters. The third kappa shape index (κ3) is 3.40. The van der Waals surface area contributed by atoms with Crippen LogP contribution in [0.1, 0.15) is 5.56 Å². The third-order valence-electron chi connectivity index (χ3n) is 1.81. The maximum Gasteiger partial charge on any atom is 0.330 e. The Kier molecular flexibility index (Phi) is 4.37. The van der Waals surface area contributed by atoms with Gasteiger partial charge in [-0.1, -0.05) is 22.0 Å². The van der Waals surface area contributed by atoms with Gasteiger partial charge in [0, 0.05) is 10.5 Å². The fraction of sp³-hybridized carbons (Fsp3) is 0.182. The number of esters is 1. The molecule has 1 rings (SSSR count). The highest BCUT2D eigenvalue weighted by Crippen LogP contribution is 2.23. The van der Waals surface area contributed by atoms with E-state index in [2.05, 4.69) is 20.7 Å². The van der Waals surface area contributed by atoms with Crippen molar-refractivity contribution in [2.45, 2.75) is 0 Å². The second kappa shape index (κ2) is 5.56. The van der Waals surface area contributed by atoms with Gasteiger partial charge in [-0.2, -0.15) is 0 Å². The molecule has 0 spiro atoms. The average Bonchev–Trinajstić information content (AvgIpc) is 2.26. The van der Waals surface area contributed by atoms with E-state index in [0.29, 0.717) is 0 Å². The van der Waals surface area contributed by atoms with Crippen LogP contribution >= 0.6 is 15.9 Å². The van der Waals surface area contributed by atoms with Crippen LogP contribution in [0.2, 0.25) is 0 Å². The number of ether oxygens (including phenoxy) is 2. The van der Waals surface area contributed by atoms with E-state index in [1.807, 2.05) is 18.2 Å². The first-order valence-corrected chi connectivity index (χ1v) is 5.06. The Morgan fingerprint density at radius 3 is 2.67 bits per heavy atom. The molecule has 0 aliphatic rings. The molecule has 0 aliphatic heterocycles. The van der Waals surface area contributed by atoms with Gasteiger partial charge >= 0.3 is 5.97 Å². The minimum atomic E-state index is -0.377. The van der Waals surface area contributed by atoms with E-state index in [1.54, 1.807) is 13.2 Å². The number of halogens is 1. The van der Waals surface area contributed by atoms with Crippen LogP contribution < -0.4 is 4.74 Å². The molecule has 0 unspecified atom stereocenters. The highest BCUT2D eigenvalue weighted by atomic mass is 79.9. The van der Waals surface area contributed by atoms with Crippen LogP contribution in [0, 0.1) is 0 Å². The van der Waals surface area contributed by atoms with E-state index >= 15 is 0 Å². The summed E-state index contributed by atoms with van der Waals surface area (Å²) >= 11 is 3.38. The van der Waals surface area contributed by atoms with Crippen molar-refractivity contribution in [3.8, 4) is 5.75 Å². The van der Waals surface area contributed by atoms with E-state index in [-0.39, 0.29) is 5.97 Å². The van der Waals surface area contributed by atoms with E-state index in [1.165, 1.54) is 13.2 Å². The van der Waals surface area contributed by atoms with Crippen molar-refractivity contribution in [1.82, 2.24) is 0 Å². The summed E-state index contributed by atoms with van der Waals surface area (Å²) in [5.41, 5.74) is 0.890. The fourth-order valence-corrected chi connectivity index (χ4v) is 1.49. The SMILES string of the molecule is COC(=O)C=Cc1ccc(OC)cc1Br. The molecule has 1 aromatic carbocycles. The third-order valence-corrected chi connectivity index (χ3v) is 2.49. The van der Waals surface area contributed by atoms with Crippen molar-refractivity contribution in [3.05, 3.63) is 34.3 Å². The van der Waals surface area contributed by atoms with Crippen LogP contribution in [0.15, 0.2) is 28.7 Å². The van der Waals surface area contributed by atoms with Gasteiger partial charge < -0.3 is 9.47 Å². The number of methoxy groups -OCH3 is 2. The Morgan fingerprint density at radius 2 is 2.13 bits per heavy atom. The highest BCUT2D eigenvalue weighted by Gasteiger charge is 1.99. The lowest BCUT2D eigenvalue weighted by Gasteiger charge is -2.02. The molecule has 0 saturated carbocycles. The first-order chi connectivity index (χ1) is 7.17. The Bertz CT molecular complexity index is 385. The second-order valence-electron chi connectivity index (χ2n) is 2.74. The van der Waals surface area contributed by atoms with Crippen molar-refractivity contribution >= 4 is 28.0 Å². The topological polar surface area (TPSA) is 35.5 Å². The van der Waals surface area contributed by atoms with Gasteiger partial charge in [-0.3, -0.25) is 0 Å². The van der Waals surface area contributed by atoms with E-state index < -0.39 is 0 Å². The summed E-state index contributed by atoms with van der Waals surface area (Å²) in [6.45, 7) is 0. The van der Waals surface area contributed by atoms with Crippen molar-refractivity contribution in [2.24, 2.45) is 0 Å². The lowest BCUT2D eigenvalue weighted by atomic mass is 10.2. The van der Waals surface area contributed by atoms with Gasteiger partial charge in [0.15, 0.2) is 0 Å². The molecule has 0 heterocycles. The number of rotatable bonds is 3. The summed E-state index contributed by atoms with van der Waals surface area (Å²) < 4.78 is 10.4. The summed E-state index contributed by atoms with van der Waals surface area (Å²) in [7, 11) is 2.95. The Labute approximate surface area is 96.8 Å². The van der Waals surface area contributed by atoms with Crippen LogP contribution in [0.4, 0.5) is 0 Å². The van der Waals surface area contributed by atoms with Crippen molar-refractivity contribution in [1.29, 1.82) is 0 Å². The molecular weight excluding hydrogens is 260 g/mol. The zero-order chi connectivity index (χ0) is 11.3. The van der Waals surface area contributed by atoms with Crippen molar-refractivity contribution in [3.63, 3.8) is 0 Å². The summed E-state index contributed by atoms with van der Waals surface area (Å²) in [5.74, 6) is 0.384. The monoisotopic (exact) mass is 270 g/mol. The standard InChI is InChI=1S/C11H11BrO3/c1-14-9-5-3-8(10(12)7-9)4-6-11(13)15-2/h3-7H,1-2H3. The number of hydrogen-bond donors (Lipinski definition) is 0. The van der Waals surface area contributed by atoms with Gasteiger partial charge in [0.2, 0.25) is 0 Å². The van der Waals surface area contributed by atoms with Crippen LogP contribution in [0.3, 0.4) is 0 Å². The molecule has 0 radical (unpaired) electrons. The number of benzene rings is 1. The number of hydrogen-bond acceptors (Lipinski definition) is 3. The molecule has 80 valence electrons. The predicted octanol–water partition coefficient (Wildman–Crippen LogP) is 2.64. The van der Waals surface area contributed by atoms with Crippen LogP contribution in [0.25, 0.3) is 6.08 Å². The van der Waals surface area contributed by atoms with Gasteiger partial charge in [-0.05, 0) is 23.8 Å². The second-order valence-corrected chi connectivity index (χ2v) is 3.60. The first kappa shape index (κ1) is 11.8. The Balaban J connectivity index is 2.87. The molecule has 0 N–H and O–H groups in total. The zero-order valence-electron chi connectivity index (χ0n) is 8.49. The van der Waals surface area contributed by atoms with Crippen molar-refractivity contribution in [2.75, 3.05) is 14.2 Å². The molecule has 0 aromatic heterocycles. The zero-order valence-corrected chi connectivity index (χ0v) is 10.1. The molecule has 1 aromatic rings. The summed E-state index contributed by atoms with van der Waals surface area (Å²) in [5, 5.41) is 0. The molecule has 0 amide bonds. The quantitative estimate of drug-likeness (QED) is 0.626. The molecule has 0 saturated heterocycles. The minimum Gasteiger partial charge on any atom is -0.497 e. The Hall–Kier alpha value is -1.29. The smallest absolute Gasteiger partial charge is 0.330 e. The molecule has 0 aliphatic carbocycles. The van der Waals surface area contributed by atoms with Gasteiger partial charge in [0.05, 0.1) is 14.2 Å². The van der Waals surface area contributed by atoms with Crippen LogP contribution in [-0.4, -0.2) is 20.2 Å². The average molecular weight is 271 g/mol. The molecule has 15 heavy (non-hydrogen) atoms. The van der Waals surface area contributed by atoms with Gasteiger partial charge in [-0.25, -0.2) is 4.79 Å². The van der Waals surface area contributed by atoms with Gasteiger partial charge in [0.1, 0.15) is 5.75 Å². The van der Waals surface area contributed by atoms with E-state index in [4.69, 9.17) is 4.74 Å². The predicted molar refractivity (Wildman–Crippen MR) is 61.7 cm³/mol. The maximum absolute atomic E-state index is 10.9. The van der Waals surface area contributed by atoms with Gasteiger partial charge in [-0.15, -0.1) is 0 Å².